The van der Waals surface area contributed by atoms with Crippen molar-refractivity contribution in [2.75, 3.05) is 6.61 Å². The molecule has 0 aliphatic heterocycles. The third kappa shape index (κ3) is 5.41. The van der Waals surface area contributed by atoms with E-state index in [1.165, 1.54) is 6.21 Å². The van der Waals surface area contributed by atoms with Crippen LogP contribution in [0, 0.1) is 6.92 Å². The van der Waals surface area contributed by atoms with Gasteiger partial charge in [-0.1, -0.05) is 0 Å². The first kappa shape index (κ1) is 19.6. The number of nitrogens with one attached hydrogen (secondary N) is 3. The summed E-state index contributed by atoms with van der Waals surface area (Å²) in [5.41, 5.74) is 2.98. The molecule has 3 N–H and O–H groups in total. The Morgan fingerprint density at radius 3 is 2.77 bits per heavy atom. The number of nitrogens with zero attached hydrogens (tertiary/aromatic N) is 1. The summed E-state index contributed by atoms with van der Waals surface area (Å²) in [5, 5.41) is 3.90. The Kier molecular flexibility index (Phi) is 6.90. The monoisotopic (exact) mass is 422 g/mol. The van der Waals surface area contributed by atoms with Gasteiger partial charge < -0.3 is 9.72 Å². The highest BCUT2D eigenvalue weighted by Gasteiger charge is 2.08. The summed E-state index contributed by atoms with van der Waals surface area (Å²) in [5.74, 6) is 0.395. The van der Waals surface area contributed by atoms with E-state index >= 15 is 0 Å². The molecule has 8 nitrogen and oxygen atoms in total. The van der Waals surface area contributed by atoms with E-state index in [9.17, 15) is 14.4 Å². The molecule has 1 amide bonds. The van der Waals surface area contributed by atoms with Gasteiger partial charge in [0.25, 0.3) is 5.56 Å². The maximum atomic E-state index is 11.9. The van der Waals surface area contributed by atoms with E-state index in [4.69, 9.17) is 4.74 Å². The molecule has 138 valence electrons. The maximum Gasteiger partial charge on any atom is 0.325 e. The lowest BCUT2D eigenvalue weighted by Crippen LogP contribution is -2.28. The summed E-state index contributed by atoms with van der Waals surface area (Å²) in [6.07, 6.45) is 1.78. The first-order valence-electron chi connectivity index (χ1n) is 7.97. The fraction of sp³-hybridized carbons (Fsp3) is 0.294. The second kappa shape index (κ2) is 9.14. The predicted molar refractivity (Wildman–Crippen MR) is 102 cm³/mol. The molecule has 9 heteroatoms. The molecule has 1 aromatic heterocycles. The molecule has 0 radical (unpaired) electrons. The summed E-state index contributed by atoms with van der Waals surface area (Å²) < 4.78 is 6.22. The standard InChI is InChI=1S/C17H19BrN4O4/c1-3-26-14-6-4-11(8-13(14)18)9-19-22-15(23)7-5-12-10(2)20-17(25)21-16(12)24/h4,6,8-9H,3,5,7H2,1-2H3,(H,22,23)(H2,20,21,24,25)/b19-9+. The van der Waals surface area contributed by atoms with Crippen LogP contribution in [0.15, 0.2) is 37.4 Å². The van der Waals surface area contributed by atoms with Crippen molar-refractivity contribution in [1.82, 2.24) is 15.4 Å². The fourth-order valence-corrected chi connectivity index (χ4v) is 2.78. The van der Waals surface area contributed by atoms with E-state index in [1.807, 2.05) is 25.1 Å². The van der Waals surface area contributed by atoms with Crippen LogP contribution in [0.2, 0.25) is 0 Å². The van der Waals surface area contributed by atoms with Crippen LogP contribution in [0.1, 0.15) is 30.2 Å². The molecular formula is C17H19BrN4O4. The lowest BCUT2D eigenvalue weighted by Gasteiger charge is -2.06. The van der Waals surface area contributed by atoms with Gasteiger partial charge in [-0.25, -0.2) is 10.2 Å². The molecule has 2 aromatic rings. The molecule has 26 heavy (non-hydrogen) atoms. The van der Waals surface area contributed by atoms with Crippen molar-refractivity contribution < 1.29 is 9.53 Å². The van der Waals surface area contributed by atoms with Crippen LogP contribution in [-0.2, 0) is 11.2 Å². The van der Waals surface area contributed by atoms with Crippen LogP contribution in [0.4, 0.5) is 0 Å². The Morgan fingerprint density at radius 1 is 1.35 bits per heavy atom. The van der Waals surface area contributed by atoms with Crippen molar-refractivity contribution >= 4 is 28.1 Å². The molecule has 0 saturated carbocycles. The Morgan fingerprint density at radius 2 is 2.12 bits per heavy atom. The van der Waals surface area contributed by atoms with Crippen LogP contribution >= 0.6 is 15.9 Å². The highest BCUT2D eigenvalue weighted by atomic mass is 79.9. The number of carbonyl (C=O) groups excluding carboxylic acids is 1. The van der Waals surface area contributed by atoms with Gasteiger partial charge in [0.2, 0.25) is 5.91 Å². The van der Waals surface area contributed by atoms with E-state index in [1.54, 1.807) is 6.92 Å². The van der Waals surface area contributed by atoms with Crippen molar-refractivity contribution in [3.8, 4) is 5.75 Å². The average molecular weight is 423 g/mol. The van der Waals surface area contributed by atoms with Crippen LogP contribution in [0.25, 0.3) is 0 Å². The molecular weight excluding hydrogens is 404 g/mol. The molecule has 1 aromatic carbocycles. The molecule has 0 bridgehead atoms. The number of H-pyrrole nitrogens is 2. The number of aromatic amines is 2. The highest BCUT2D eigenvalue weighted by Crippen LogP contribution is 2.25. The molecule has 0 fully saturated rings. The maximum absolute atomic E-state index is 11.9. The predicted octanol–water partition coefficient (Wildman–Crippen LogP) is 1.62. The molecule has 1 heterocycles. The zero-order valence-corrected chi connectivity index (χ0v) is 16.0. The first-order valence-corrected chi connectivity index (χ1v) is 8.76. The van der Waals surface area contributed by atoms with Gasteiger partial charge in [-0.05, 0) is 60.0 Å². The number of benzene rings is 1. The van der Waals surface area contributed by atoms with Gasteiger partial charge in [-0.2, -0.15) is 5.10 Å². The normalized spacial score (nSPS) is 10.9. The number of rotatable bonds is 7. The molecule has 0 unspecified atom stereocenters. The molecule has 0 spiro atoms. The van der Waals surface area contributed by atoms with Gasteiger partial charge in [-0.3, -0.25) is 14.6 Å². The lowest BCUT2D eigenvalue weighted by molar-refractivity contribution is -0.121. The Bertz CT molecular complexity index is 933. The van der Waals surface area contributed by atoms with E-state index in [0.29, 0.717) is 17.9 Å². The van der Waals surface area contributed by atoms with Crippen molar-refractivity contribution in [2.24, 2.45) is 5.10 Å². The van der Waals surface area contributed by atoms with Gasteiger partial charge in [0.1, 0.15) is 5.75 Å². The van der Waals surface area contributed by atoms with E-state index in [0.717, 1.165) is 15.8 Å². The number of hydrogen-bond donors (Lipinski definition) is 3. The quantitative estimate of drug-likeness (QED) is 0.464. The summed E-state index contributed by atoms with van der Waals surface area (Å²) in [6, 6.07) is 5.44. The highest BCUT2D eigenvalue weighted by molar-refractivity contribution is 9.10. The molecule has 0 aliphatic carbocycles. The lowest BCUT2D eigenvalue weighted by atomic mass is 10.1. The third-order valence-corrected chi connectivity index (χ3v) is 4.14. The third-order valence-electron chi connectivity index (χ3n) is 3.52. The zero-order chi connectivity index (χ0) is 19.1. The van der Waals surface area contributed by atoms with Crippen molar-refractivity contribution in [3.05, 3.63) is 60.3 Å². The largest absolute Gasteiger partial charge is 0.493 e. The summed E-state index contributed by atoms with van der Waals surface area (Å²) >= 11 is 3.41. The van der Waals surface area contributed by atoms with Crippen molar-refractivity contribution in [3.63, 3.8) is 0 Å². The van der Waals surface area contributed by atoms with Gasteiger partial charge in [0.05, 0.1) is 17.3 Å². The minimum atomic E-state index is -0.563. The van der Waals surface area contributed by atoms with Gasteiger partial charge >= 0.3 is 5.69 Å². The summed E-state index contributed by atoms with van der Waals surface area (Å²) in [7, 11) is 0. The Labute approximate surface area is 157 Å². The molecule has 0 saturated heterocycles. The number of aryl methyl sites for hydroxylation is 1. The van der Waals surface area contributed by atoms with Crippen LogP contribution in [-0.4, -0.2) is 28.7 Å². The van der Waals surface area contributed by atoms with Gasteiger partial charge in [0, 0.05) is 17.7 Å². The number of ether oxygens (including phenoxy) is 1. The smallest absolute Gasteiger partial charge is 0.325 e. The molecule has 2 rings (SSSR count). The summed E-state index contributed by atoms with van der Waals surface area (Å²) in [6.45, 7) is 4.09. The SMILES string of the molecule is CCOc1ccc(/C=N/NC(=O)CCc2c(C)[nH]c(=O)[nH]c2=O)cc1Br. The number of halogens is 1. The van der Waals surface area contributed by atoms with E-state index in [2.05, 4.69) is 36.4 Å². The number of hydrogen-bond acceptors (Lipinski definition) is 5. The van der Waals surface area contributed by atoms with E-state index in [-0.39, 0.29) is 18.7 Å². The number of carbonyl (C=O) groups is 1. The van der Waals surface area contributed by atoms with Crippen LogP contribution in [0.5, 0.6) is 5.75 Å². The summed E-state index contributed by atoms with van der Waals surface area (Å²) in [4.78, 5) is 39.4. The van der Waals surface area contributed by atoms with Crippen LogP contribution in [0.3, 0.4) is 0 Å². The average Bonchev–Trinajstić information content (AvgIpc) is 2.56. The number of amides is 1. The Balaban J connectivity index is 1.91. The molecule has 0 atom stereocenters. The van der Waals surface area contributed by atoms with E-state index < -0.39 is 11.2 Å². The van der Waals surface area contributed by atoms with Crippen LogP contribution < -0.4 is 21.4 Å². The van der Waals surface area contributed by atoms with Gasteiger partial charge in [-0.15, -0.1) is 0 Å². The molecule has 0 aliphatic rings. The second-order valence-corrected chi connectivity index (χ2v) is 6.28. The fourth-order valence-electron chi connectivity index (χ4n) is 2.27. The first-order chi connectivity index (χ1) is 12.4. The van der Waals surface area contributed by atoms with Gasteiger partial charge in [0.15, 0.2) is 0 Å². The number of hydrazone groups is 1. The number of aromatic nitrogens is 2. The topological polar surface area (TPSA) is 116 Å². The minimum Gasteiger partial charge on any atom is -0.493 e. The zero-order valence-electron chi connectivity index (χ0n) is 14.4. The minimum absolute atomic E-state index is 0.0697. The van der Waals surface area contributed by atoms with Crippen molar-refractivity contribution in [1.29, 1.82) is 0 Å². The van der Waals surface area contributed by atoms with Crippen molar-refractivity contribution in [2.45, 2.75) is 26.7 Å². The Hall–Kier alpha value is -2.68. The second-order valence-electron chi connectivity index (χ2n) is 5.43.